The molecule has 0 aliphatic carbocycles. The van der Waals surface area contributed by atoms with Crippen molar-refractivity contribution in [3.05, 3.63) is 66.2 Å². The number of hydrogen-bond donors (Lipinski definition) is 0. The highest BCUT2D eigenvalue weighted by Gasteiger charge is 2.47. The van der Waals surface area contributed by atoms with E-state index in [1.165, 1.54) is 5.56 Å². The molecule has 3 atom stereocenters. The number of nitrogens with zero attached hydrogens (tertiary/aromatic N) is 3. The topological polar surface area (TPSA) is 35.9 Å². The molecular formula is C22H25N3O. The minimum atomic E-state index is 0.0482. The predicted molar refractivity (Wildman–Crippen MR) is 105 cm³/mol. The first-order chi connectivity index (χ1) is 12.6. The third-order valence-corrected chi connectivity index (χ3v) is 5.52. The van der Waals surface area contributed by atoms with Gasteiger partial charge in [-0.3, -0.25) is 14.8 Å². The smallest absolute Gasteiger partial charge is 0.292 e. The third-order valence-electron chi connectivity index (χ3n) is 5.52. The number of carbonyl (C=O) groups excluding carboxylic acids is 1. The number of amidine groups is 1. The SMILES string of the molecule is CC(C)[C@H]1CN(c2ccccc2)C(=O)N1C1=N[C@H](c2ccccc2)[C@H]1C. The zero-order valence-electron chi connectivity index (χ0n) is 15.5. The van der Waals surface area contributed by atoms with Crippen molar-refractivity contribution in [3.63, 3.8) is 0 Å². The van der Waals surface area contributed by atoms with E-state index in [2.05, 4.69) is 32.9 Å². The summed E-state index contributed by atoms with van der Waals surface area (Å²) in [6.45, 7) is 7.24. The number of para-hydroxylation sites is 1. The van der Waals surface area contributed by atoms with Crippen LogP contribution in [0.2, 0.25) is 0 Å². The summed E-state index contributed by atoms with van der Waals surface area (Å²) in [5, 5.41) is 0. The van der Waals surface area contributed by atoms with Crippen molar-refractivity contribution in [3.8, 4) is 0 Å². The standard InChI is InChI=1S/C22H25N3O/c1-15(2)19-14-24(18-12-8-5-9-13-18)22(26)25(19)21-16(3)20(23-21)17-10-6-4-7-11-17/h4-13,15-16,19-20H,14H2,1-3H3/t16-,19-,20+/m1/s1. The van der Waals surface area contributed by atoms with Gasteiger partial charge in [0, 0.05) is 18.2 Å². The fourth-order valence-corrected chi connectivity index (χ4v) is 3.95. The molecule has 0 N–H and O–H groups in total. The van der Waals surface area contributed by atoms with E-state index in [-0.39, 0.29) is 24.0 Å². The molecule has 0 unspecified atom stereocenters. The summed E-state index contributed by atoms with van der Waals surface area (Å²) in [5.74, 6) is 1.55. The van der Waals surface area contributed by atoms with Crippen LogP contribution in [0.4, 0.5) is 10.5 Å². The summed E-state index contributed by atoms with van der Waals surface area (Å²) in [6, 6.07) is 20.6. The normalized spacial score (nSPS) is 25.5. The summed E-state index contributed by atoms with van der Waals surface area (Å²) < 4.78 is 0. The molecule has 2 aromatic rings. The molecule has 1 fully saturated rings. The number of anilines is 1. The molecule has 2 aliphatic heterocycles. The van der Waals surface area contributed by atoms with E-state index in [0.29, 0.717) is 12.5 Å². The first-order valence-electron chi connectivity index (χ1n) is 9.36. The summed E-state index contributed by atoms with van der Waals surface area (Å²) in [6.07, 6.45) is 0. The molecular weight excluding hydrogens is 322 g/mol. The second-order valence-electron chi connectivity index (χ2n) is 7.54. The second kappa shape index (κ2) is 6.60. The van der Waals surface area contributed by atoms with Gasteiger partial charge in [0.1, 0.15) is 5.84 Å². The molecule has 1 saturated heterocycles. The highest BCUT2D eigenvalue weighted by molar-refractivity contribution is 6.09. The highest BCUT2D eigenvalue weighted by Crippen LogP contribution is 2.40. The lowest BCUT2D eigenvalue weighted by atomic mass is 9.87. The number of hydrogen-bond acceptors (Lipinski definition) is 2. The van der Waals surface area contributed by atoms with E-state index in [1.54, 1.807) is 0 Å². The van der Waals surface area contributed by atoms with Gasteiger partial charge in [-0.2, -0.15) is 0 Å². The van der Waals surface area contributed by atoms with Crippen LogP contribution in [-0.4, -0.2) is 29.4 Å². The fourth-order valence-electron chi connectivity index (χ4n) is 3.95. The van der Waals surface area contributed by atoms with Crippen LogP contribution < -0.4 is 4.90 Å². The molecule has 4 heteroatoms. The number of urea groups is 1. The van der Waals surface area contributed by atoms with E-state index in [0.717, 1.165) is 11.5 Å². The Labute approximate surface area is 155 Å². The zero-order valence-corrected chi connectivity index (χ0v) is 15.5. The van der Waals surface area contributed by atoms with E-state index < -0.39 is 0 Å². The van der Waals surface area contributed by atoms with Crippen molar-refractivity contribution < 1.29 is 4.79 Å². The van der Waals surface area contributed by atoms with Crippen molar-refractivity contribution in [2.45, 2.75) is 32.9 Å². The maximum Gasteiger partial charge on any atom is 0.330 e. The molecule has 0 radical (unpaired) electrons. The van der Waals surface area contributed by atoms with E-state index in [9.17, 15) is 4.79 Å². The molecule has 2 aromatic carbocycles. The number of amides is 2. The van der Waals surface area contributed by atoms with Gasteiger partial charge in [-0.25, -0.2) is 4.79 Å². The maximum atomic E-state index is 13.2. The summed E-state index contributed by atoms with van der Waals surface area (Å²) in [7, 11) is 0. The van der Waals surface area contributed by atoms with Gasteiger partial charge in [0.25, 0.3) is 0 Å². The van der Waals surface area contributed by atoms with Crippen molar-refractivity contribution in [1.29, 1.82) is 0 Å². The Morgan fingerprint density at radius 2 is 1.62 bits per heavy atom. The number of aliphatic imine (C=N–C) groups is 1. The Bertz CT molecular complexity index is 816. The maximum absolute atomic E-state index is 13.2. The van der Waals surface area contributed by atoms with Gasteiger partial charge in [0.05, 0.1) is 12.1 Å². The van der Waals surface area contributed by atoms with Gasteiger partial charge in [0.15, 0.2) is 0 Å². The third kappa shape index (κ3) is 2.70. The zero-order chi connectivity index (χ0) is 18.3. The molecule has 0 aromatic heterocycles. The van der Waals surface area contributed by atoms with Crippen LogP contribution in [0.5, 0.6) is 0 Å². The Balaban J connectivity index is 1.63. The minimum Gasteiger partial charge on any atom is -0.292 e. The summed E-state index contributed by atoms with van der Waals surface area (Å²) >= 11 is 0. The number of benzene rings is 2. The van der Waals surface area contributed by atoms with Crippen LogP contribution in [0, 0.1) is 11.8 Å². The quantitative estimate of drug-likeness (QED) is 0.790. The van der Waals surface area contributed by atoms with Crippen LogP contribution in [0.1, 0.15) is 32.4 Å². The lowest BCUT2D eigenvalue weighted by Crippen LogP contribution is -2.50. The largest absolute Gasteiger partial charge is 0.330 e. The summed E-state index contributed by atoms with van der Waals surface area (Å²) in [4.78, 5) is 21.9. The monoisotopic (exact) mass is 347 g/mol. The van der Waals surface area contributed by atoms with Gasteiger partial charge in [-0.15, -0.1) is 0 Å². The van der Waals surface area contributed by atoms with Crippen LogP contribution in [-0.2, 0) is 0 Å². The van der Waals surface area contributed by atoms with E-state index in [4.69, 9.17) is 4.99 Å². The van der Waals surface area contributed by atoms with Gasteiger partial charge in [-0.1, -0.05) is 69.3 Å². The average molecular weight is 347 g/mol. The van der Waals surface area contributed by atoms with Gasteiger partial charge < -0.3 is 0 Å². The lowest BCUT2D eigenvalue weighted by molar-refractivity contribution is 0.218. The van der Waals surface area contributed by atoms with Crippen molar-refractivity contribution in [2.24, 2.45) is 16.8 Å². The Morgan fingerprint density at radius 1 is 1.00 bits per heavy atom. The molecule has 2 heterocycles. The highest BCUT2D eigenvalue weighted by atomic mass is 16.2. The molecule has 0 spiro atoms. The van der Waals surface area contributed by atoms with Crippen molar-refractivity contribution in [2.75, 3.05) is 11.4 Å². The average Bonchev–Trinajstić information content (AvgIpc) is 2.99. The van der Waals surface area contributed by atoms with Crippen LogP contribution >= 0.6 is 0 Å². The van der Waals surface area contributed by atoms with E-state index in [1.807, 2.05) is 58.3 Å². The van der Waals surface area contributed by atoms with Crippen LogP contribution in [0.15, 0.2) is 65.7 Å². The van der Waals surface area contributed by atoms with E-state index >= 15 is 0 Å². The Kier molecular flexibility index (Phi) is 4.27. The van der Waals surface area contributed by atoms with Gasteiger partial charge in [-0.05, 0) is 23.6 Å². The molecule has 26 heavy (non-hydrogen) atoms. The van der Waals surface area contributed by atoms with Crippen molar-refractivity contribution in [1.82, 2.24) is 4.90 Å². The molecule has 0 saturated carbocycles. The Morgan fingerprint density at radius 3 is 2.19 bits per heavy atom. The number of rotatable bonds is 3. The summed E-state index contributed by atoms with van der Waals surface area (Å²) in [5.41, 5.74) is 2.18. The first-order valence-corrected chi connectivity index (χ1v) is 9.36. The van der Waals surface area contributed by atoms with Crippen LogP contribution in [0.25, 0.3) is 0 Å². The second-order valence-corrected chi connectivity index (χ2v) is 7.54. The molecule has 0 bridgehead atoms. The van der Waals surface area contributed by atoms with Gasteiger partial charge >= 0.3 is 6.03 Å². The predicted octanol–water partition coefficient (Wildman–Crippen LogP) is 4.74. The first kappa shape index (κ1) is 16.8. The number of carbonyl (C=O) groups is 1. The Hall–Kier alpha value is -2.62. The van der Waals surface area contributed by atoms with Gasteiger partial charge in [0.2, 0.25) is 0 Å². The molecule has 2 aliphatic rings. The minimum absolute atomic E-state index is 0.0482. The molecule has 2 amide bonds. The van der Waals surface area contributed by atoms with Crippen molar-refractivity contribution >= 4 is 17.6 Å². The lowest BCUT2D eigenvalue weighted by Gasteiger charge is -2.39. The fraction of sp³-hybridized carbons (Fsp3) is 0.364. The van der Waals surface area contributed by atoms with Crippen LogP contribution in [0.3, 0.4) is 0 Å². The molecule has 4 nitrogen and oxygen atoms in total. The molecule has 134 valence electrons. The molecule has 4 rings (SSSR count).